The number of rotatable bonds is 7. The highest BCUT2D eigenvalue weighted by Crippen LogP contribution is 2.34. The fourth-order valence-electron chi connectivity index (χ4n) is 2.53. The zero-order valence-corrected chi connectivity index (χ0v) is 16.9. The smallest absolute Gasteiger partial charge is 0.320 e. The van der Waals surface area contributed by atoms with Gasteiger partial charge in [-0.2, -0.15) is 0 Å². The van der Waals surface area contributed by atoms with E-state index in [4.69, 9.17) is 9.47 Å². The van der Waals surface area contributed by atoms with Crippen LogP contribution in [0.4, 0.5) is 10.6 Å². The van der Waals surface area contributed by atoms with Crippen molar-refractivity contribution in [3.8, 4) is 28.5 Å². The molecule has 0 spiro atoms. The average molecular weight is 409 g/mol. The van der Waals surface area contributed by atoms with E-state index in [9.17, 15) is 9.90 Å². The normalized spacial score (nSPS) is 11.5. The standard InChI is InChI=1S/C21H23N5O4/c1-13-6-16(10-23-8-13)30-18-7-19(26-21(28)22-3)24-11-17(18)15-4-5-20(25-9-15)29-12-14(2)27/h4-11,14,27H,12H2,1-3H3,(H2,22,24,26,28)/t14-/m0/s1. The lowest BCUT2D eigenvalue weighted by molar-refractivity contribution is 0.120. The van der Waals surface area contributed by atoms with Crippen LogP contribution in [0.1, 0.15) is 12.5 Å². The van der Waals surface area contributed by atoms with Crippen molar-refractivity contribution >= 4 is 11.8 Å². The summed E-state index contributed by atoms with van der Waals surface area (Å²) in [5.41, 5.74) is 2.37. The fourth-order valence-corrected chi connectivity index (χ4v) is 2.53. The highest BCUT2D eigenvalue weighted by atomic mass is 16.5. The molecule has 0 radical (unpaired) electrons. The van der Waals surface area contributed by atoms with E-state index in [0.717, 1.165) is 11.1 Å². The molecule has 0 fully saturated rings. The minimum atomic E-state index is -0.584. The summed E-state index contributed by atoms with van der Waals surface area (Å²) in [6.07, 6.45) is 5.97. The van der Waals surface area contributed by atoms with E-state index < -0.39 is 6.10 Å². The second-order valence-corrected chi connectivity index (χ2v) is 6.62. The number of nitrogens with one attached hydrogen (secondary N) is 2. The molecule has 156 valence electrons. The summed E-state index contributed by atoms with van der Waals surface area (Å²) in [5.74, 6) is 1.76. The minimum absolute atomic E-state index is 0.155. The molecule has 0 bridgehead atoms. The van der Waals surface area contributed by atoms with Crippen molar-refractivity contribution in [3.63, 3.8) is 0 Å². The number of amides is 2. The first-order valence-corrected chi connectivity index (χ1v) is 9.30. The van der Waals surface area contributed by atoms with Gasteiger partial charge in [-0.1, -0.05) is 0 Å². The Labute approximate surface area is 174 Å². The molecule has 0 aliphatic rings. The van der Waals surface area contributed by atoms with Crippen molar-refractivity contribution in [1.82, 2.24) is 20.3 Å². The number of anilines is 1. The molecule has 3 aromatic rings. The van der Waals surface area contributed by atoms with Gasteiger partial charge in [0.15, 0.2) is 0 Å². The van der Waals surface area contributed by atoms with Gasteiger partial charge >= 0.3 is 6.03 Å². The van der Waals surface area contributed by atoms with E-state index in [1.54, 1.807) is 43.8 Å². The lowest BCUT2D eigenvalue weighted by Crippen LogP contribution is -2.24. The molecular weight excluding hydrogens is 386 g/mol. The Balaban J connectivity index is 1.92. The number of hydrogen-bond donors (Lipinski definition) is 3. The predicted octanol–water partition coefficient (Wildman–Crippen LogP) is 3.15. The Morgan fingerprint density at radius 2 is 2.00 bits per heavy atom. The molecule has 1 atom stereocenters. The molecule has 2 amide bonds. The van der Waals surface area contributed by atoms with Crippen LogP contribution in [-0.4, -0.2) is 45.8 Å². The van der Waals surface area contributed by atoms with Gasteiger partial charge in [-0.3, -0.25) is 10.3 Å². The van der Waals surface area contributed by atoms with Crippen LogP contribution in [0.5, 0.6) is 17.4 Å². The van der Waals surface area contributed by atoms with Crippen LogP contribution < -0.4 is 20.1 Å². The van der Waals surface area contributed by atoms with Gasteiger partial charge in [0.2, 0.25) is 5.88 Å². The van der Waals surface area contributed by atoms with Crippen LogP contribution in [0.15, 0.2) is 49.1 Å². The van der Waals surface area contributed by atoms with E-state index in [2.05, 4.69) is 25.6 Å². The monoisotopic (exact) mass is 409 g/mol. The number of aliphatic hydroxyl groups is 1. The Morgan fingerprint density at radius 1 is 1.17 bits per heavy atom. The number of aliphatic hydroxyl groups excluding tert-OH is 1. The van der Waals surface area contributed by atoms with Gasteiger partial charge in [-0.25, -0.2) is 14.8 Å². The Kier molecular flexibility index (Phi) is 6.76. The van der Waals surface area contributed by atoms with Gasteiger partial charge in [0.1, 0.15) is 23.9 Å². The van der Waals surface area contributed by atoms with E-state index in [1.807, 2.05) is 19.1 Å². The second-order valence-electron chi connectivity index (χ2n) is 6.62. The maximum absolute atomic E-state index is 11.6. The molecule has 0 saturated carbocycles. The molecule has 0 unspecified atom stereocenters. The number of pyridine rings is 3. The lowest BCUT2D eigenvalue weighted by atomic mass is 10.1. The largest absolute Gasteiger partial charge is 0.475 e. The molecule has 0 aliphatic heterocycles. The Bertz CT molecular complexity index is 1010. The molecular formula is C21H23N5O4. The zero-order valence-electron chi connectivity index (χ0n) is 16.9. The van der Waals surface area contributed by atoms with Crippen molar-refractivity contribution in [1.29, 1.82) is 0 Å². The van der Waals surface area contributed by atoms with Gasteiger partial charge in [0, 0.05) is 48.9 Å². The van der Waals surface area contributed by atoms with Crippen LogP contribution in [-0.2, 0) is 0 Å². The molecule has 0 aliphatic carbocycles. The number of carbonyl (C=O) groups is 1. The van der Waals surface area contributed by atoms with Gasteiger partial charge in [0.25, 0.3) is 0 Å². The third-order valence-electron chi connectivity index (χ3n) is 3.93. The molecule has 3 rings (SSSR count). The number of aromatic nitrogens is 3. The maximum Gasteiger partial charge on any atom is 0.320 e. The molecule has 9 nitrogen and oxygen atoms in total. The van der Waals surface area contributed by atoms with Crippen molar-refractivity contribution in [2.45, 2.75) is 20.0 Å². The number of carbonyl (C=O) groups excluding carboxylic acids is 1. The number of nitrogens with zero attached hydrogens (tertiary/aromatic N) is 3. The zero-order chi connectivity index (χ0) is 21.5. The van der Waals surface area contributed by atoms with Crippen LogP contribution in [0.3, 0.4) is 0 Å². The average Bonchev–Trinajstić information content (AvgIpc) is 2.73. The topological polar surface area (TPSA) is 118 Å². The van der Waals surface area contributed by atoms with Crippen molar-refractivity contribution in [2.24, 2.45) is 0 Å². The van der Waals surface area contributed by atoms with Crippen molar-refractivity contribution in [2.75, 3.05) is 19.0 Å². The summed E-state index contributed by atoms with van der Waals surface area (Å²) >= 11 is 0. The van der Waals surface area contributed by atoms with E-state index in [0.29, 0.717) is 28.8 Å². The highest BCUT2D eigenvalue weighted by molar-refractivity contribution is 5.88. The van der Waals surface area contributed by atoms with Gasteiger partial charge in [0.05, 0.1) is 12.3 Å². The summed E-state index contributed by atoms with van der Waals surface area (Å²) in [6, 6.07) is 6.61. The van der Waals surface area contributed by atoms with E-state index >= 15 is 0 Å². The highest BCUT2D eigenvalue weighted by Gasteiger charge is 2.13. The Hall–Kier alpha value is -3.72. The third kappa shape index (κ3) is 5.65. The van der Waals surface area contributed by atoms with Gasteiger partial charge < -0.3 is 19.9 Å². The predicted molar refractivity (Wildman–Crippen MR) is 112 cm³/mol. The summed E-state index contributed by atoms with van der Waals surface area (Å²) < 4.78 is 11.4. The second kappa shape index (κ2) is 9.66. The van der Waals surface area contributed by atoms with Gasteiger partial charge in [-0.15, -0.1) is 0 Å². The molecule has 0 saturated heterocycles. The fraction of sp³-hybridized carbons (Fsp3) is 0.238. The summed E-state index contributed by atoms with van der Waals surface area (Å²) in [7, 11) is 1.52. The SMILES string of the molecule is CNC(=O)Nc1cc(Oc2cncc(C)c2)c(-c2ccc(OC[C@H](C)O)nc2)cn1. The summed E-state index contributed by atoms with van der Waals surface area (Å²) in [4.78, 5) is 24.3. The quantitative estimate of drug-likeness (QED) is 0.548. The Morgan fingerprint density at radius 3 is 2.67 bits per heavy atom. The number of aryl methyl sites for hydroxylation is 1. The third-order valence-corrected chi connectivity index (χ3v) is 3.93. The number of urea groups is 1. The molecule has 9 heteroatoms. The number of hydrogen-bond acceptors (Lipinski definition) is 7. The van der Waals surface area contributed by atoms with Crippen molar-refractivity contribution < 1.29 is 19.4 Å². The molecule has 3 aromatic heterocycles. The summed E-state index contributed by atoms with van der Waals surface area (Å²) in [5, 5.41) is 14.4. The summed E-state index contributed by atoms with van der Waals surface area (Å²) in [6.45, 7) is 3.71. The molecule has 0 aromatic carbocycles. The van der Waals surface area contributed by atoms with E-state index in [1.165, 1.54) is 7.05 Å². The van der Waals surface area contributed by atoms with Crippen LogP contribution in [0.2, 0.25) is 0 Å². The molecule has 3 heterocycles. The first-order chi connectivity index (χ1) is 14.4. The maximum atomic E-state index is 11.6. The first kappa shape index (κ1) is 21.0. The van der Waals surface area contributed by atoms with Crippen LogP contribution in [0.25, 0.3) is 11.1 Å². The number of ether oxygens (including phenoxy) is 2. The van der Waals surface area contributed by atoms with Crippen LogP contribution in [0, 0.1) is 6.92 Å². The van der Waals surface area contributed by atoms with Gasteiger partial charge in [-0.05, 0) is 31.5 Å². The van der Waals surface area contributed by atoms with Crippen molar-refractivity contribution in [3.05, 3.63) is 54.6 Å². The minimum Gasteiger partial charge on any atom is -0.475 e. The van der Waals surface area contributed by atoms with Crippen LogP contribution >= 0.6 is 0 Å². The molecule has 3 N–H and O–H groups in total. The first-order valence-electron chi connectivity index (χ1n) is 9.30. The molecule has 30 heavy (non-hydrogen) atoms. The lowest BCUT2D eigenvalue weighted by Gasteiger charge is -2.14. The van der Waals surface area contributed by atoms with E-state index in [-0.39, 0.29) is 12.6 Å².